The molecule has 0 radical (unpaired) electrons. The summed E-state index contributed by atoms with van der Waals surface area (Å²) in [5, 5.41) is 1.79. The molecule has 0 aromatic carbocycles. The lowest BCUT2D eigenvalue weighted by Gasteiger charge is -2.12. The van der Waals surface area contributed by atoms with Crippen LogP contribution in [0, 0.1) is 0 Å². The highest BCUT2D eigenvalue weighted by Crippen LogP contribution is 2.34. The van der Waals surface area contributed by atoms with Gasteiger partial charge in [0.05, 0.1) is 16.1 Å². The molecule has 0 saturated carbocycles. The highest BCUT2D eigenvalue weighted by atomic mass is 32.1. The molecule has 0 aliphatic carbocycles. The summed E-state index contributed by atoms with van der Waals surface area (Å²) in [5.41, 5.74) is 4.90. The van der Waals surface area contributed by atoms with Crippen LogP contribution in [-0.2, 0) is 12.7 Å². The smallest absolute Gasteiger partial charge is 0.326 e. The Balaban J connectivity index is 2.53. The van der Waals surface area contributed by atoms with Crippen molar-refractivity contribution in [1.29, 1.82) is 0 Å². The number of hydrogen-bond acceptors (Lipinski definition) is 3. The Kier molecular flexibility index (Phi) is 3.17. The van der Waals surface area contributed by atoms with Gasteiger partial charge in [-0.15, -0.1) is 11.3 Å². The number of aromatic nitrogens is 1. The fraction of sp³-hybridized carbons (Fsp3) is 0.182. The second-order valence-corrected chi connectivity index (χ2v) is 4.35. The molecule has 0 spiro atoms. The minimum atomic E-state index is -4.40. The molecule has 90 valence electrons. The number of nitrogens with two attached hydrogens (primary N) is 1. The van der Waals surface area contributed by atoms with Crippen LogP contribution in [0.25, 0.3) is 10.6 Å². The zero-order chi connectivity index (χ0) is 12.5. The van der Waals surface area contributed by atoms with Gasteiger partial charge in [-0.25, -0.2) is 0 Å². The maximum absolute atomic E-state index is 12.8. The van der Waals surface area contributed by atoms with Gasteiger partial charge < -0.3 is 5.73 Å². The summed E-state index contributed by atoms with van der Waals surface area (Å²) in [4.78, 5) is 4.70. The topological polar surface area (TPSA) is 38.9 Å². The van der Waals surface area contributed by atoms with Gasteiger partial charge in [0.25, 0.3) is 0 Å². The van der Waals surface area contributed by atoms with Gasteiger partial charge in [0, 0.05) is 12.7 Å². The zero-order valence-electron chi connectivity index (χ0n) is 8.66. The van der Waals surface area contributed by atoms with E-state index in [0.717, 1.165) is 6.07 Å². The normalized spacial score (nSPS) is 11.8. The Hall–Kier alpha value is -1.40. The number of rotatable bonds is 2. The van der Waals surface area contributed by atoms with E-state index in [-0.39, 0.29) is 12.1 Å². The minimum absolute atomic E-state index is 0.0119. The first-order valence-corrected chi connectivity index (χ1v) is 5.70. The van der Waals surface area contributed by atoms with Crippen molar-refractivity contribution in [2.45, 2.75) is 12.7 Å². The van der Waals surface area contributed by atoms with Gasteiger partial charge in [0.1, 0.15) is 0 Å². The molecule has 0 saturated heterocycles. The maximum atomic E-state index is 12.8. The molecule has 0 unspecified atom stereocenters. The van der Waals surface area contributed by atoms with Crippen molar-refractivity contribution in [1.82, 2.24) is 4.98 Å². The molecule has 2 heterocycles. The van der Waals surface area contributed by atoms with Crippen molar-refractivity contribution >= 4 is 11.3 Å². The number of alkyl halides is 3. The number of thiophene rings is 1. The van der Waals surface area contributed by atoms with Crippen LogP contribution in [-0.4, -0.2) is 4.98 Å². The molecule has 2 aromatic rings. The Bertz CT molecular complexity index is 506. The van der Waals surface area contributed by atoms with Crippen LogP contribution in [0.15, 0.2) is 29.8 Å². The van der Waals surface area contributed by atoms with E-state index in [2.05, 4.69) is 4.98 Å². The number of hydrogen-bond donors (Lipinski definition) is 1. The molecular weight excluding hydrogens is 249 g/mol. The van der Waals surface area contributed by atoms with Gasteiger partial charge in [0.15, 0.2) is 0 Å². The van der Waals surface area contributed by atoms with Crippen LogP contribution < -0.4 is 5.73 Å². The van der Waals surface area contributed by atoms with Gasteiger partial charge >= 0.3 is 6.18 Å². The van der Waals surface area contributed by atoms with Gasteiger partial charge in [-0.1, -0.05) is 6.07 Å². The summed E-state index contributed by atoms with van der Waals surface area (Å²) in [5.74, 6) is 0. The fourth-order valence-corrected chi connectivity index (χ4v) is 2.16. The summed E-state index contributed by atoms with van der Waals surface area (Å²) < 4.78 is 38.3. The van der Waals surface area contributed by atoms with Crippen LogP contribution in [0.2, 0.25) is 0 Å². The molecule has 0 aliphatic heterocycles. The van der Waals surface area contributed by atoms with E-state index >= 15 is 0 Å². The maximum Gasteiger partial charge on any atom is 0.416 e. The van der Waals surface area contributed by atoms with E-state index in [1.54, 1.807) is 17.5 Å². The SMILES string of the molecule is NCc1cnc(-c2cccs2)cc1C(F)(F)F. The third-order valence-electron chi connectivity index (χ3n) is 2.29. The molecule has 0 aliphatic rings. The lowest BCUT2D eigenvalue weighted by molar-refractivity contribution is -0.138. The van der Waals surface area contributed by atoms with Crippen LogP contribution in [0.5, 0.6) is 0 Å². The van der Waals surface area contributed by atoms with E-state index in [9.17, 15) is 13.2 Å². The van der Waals surface area contributed by atoms with E-state index in [1.807, 2.05) is 0 Å². The predicted molar refractivity (Wildman–Crippen MR) is 60.4 cm³/mol. The molecule has 6 heteroatoms. The highest BCUT2D eigenvalue weighted by Gasteiger charge is 2.33. The number of nitrogens with zero attached hydrogens (tertiary/aromatic N) is 1. The Morgan fingerprint density at radius 3 is 2.65 bits per heavy atom. The average Bonchev–Trinajstić information content (AvgIpc) is 2.80. The summed E-state index contributed by atoms with van der Waals surface area (Å²) in [7, 11) is 0. The Labute approximate surface area is 99.9 Å². The lowest BCUT2D eigenvalue weighted by atomic mass is 10.1. The van der Waals surface area contributed by atoms with Crippen LogP contribution >= 0.6 is 11.3 Å². The highest BCUT2D eigenvalue weighted by molar-refractivity contribution is 7.13. The first-order chi connectivity index (χ1) is 8.02. The van der Waals surface area contributed by atoms with E-state index in [1.165, 1.54) is 17.5 Å². The van der Waals surface area contributed by atoms with E-state index in [4.69, 9.17) is 5.73 Å². The Morgan fingerprint density at radius 2 is 2.12 bits per heavy atom. The van der Waals surface area contributed by atoms with E-state index < -0.39 is 11.7 Å². The largest absolute Gasteiger partial charge is 0.416 e. The van der Waals surface area contributed by atoms with Crippen molar-refractivity contribution < 1.29 is 13.2 Å². The number of halogens is 3. The molecule has 0 bridgehead atoms. The monoisotopic (exact) mass is 258 g/mol. The summed E-state index contributed by atoms with van der Waals surface area (Å²) >= 11 is 1.35. The van der Waals surface area contributed by atoms with Gasteiger partial charge in [-0.05, 0) is 23.1 Å². The second kappa shape index (κ2) is 4.46. The van der Waals surface area contributed by atoms with Gasteiger partial charge in [0.2, 0.25) is 0 Å². The van der Waals surface area contributed by atoms with Crippen molar-refractivity contribution in [2.24, 2.45) is 5.73 Å². The molecule has 2 aromatic heterocycles. The van der Waals surface area contributed by atoms with E-state index in [0.29, 0.717) is 10.6 Å². The molecule has 0 fully saturated rings. The summed E-state index contributed by atoms with van der Waals surface area (Å²) in [6.07, 6.45) is -3.21. The van der Waals surface area contributed by atoms with Crippen LogP contribution in [0.1, 0.15) is 11.1 Å². The minimum Gasteiger partial charge on any atom is -0.326 e. The van der Waals surface area contributed by atoms with Gasteiger partial charge in [-0.2, -0.15) is 13.2 Å². The van der Waals surface area contributed by atoms with Crippen molar-refractivity contribution in [3.63, 3.8) is 0 Å². The average molecular weight is 258 g/mol. The molecule has 2 N–H and O–H groups in total. The van der Waals surface area contributed by atoms with Gasteiger partial charge in [-0.3, -0.25) is 4.98 Å². The first kappa shape index (κ1) is 12.1. The quantitative estimate of drug-likeness (QED) is 0.897. The molecule has 2 rings (SSSR count). The first-order valence-electron chi connectivity index (χ1n) is 4.82. The fourth-order valence-electron chi connectivity index (χ4n) is 1.47. The molecular formula is C11H9F3N2S. The molecule has 17 heavy (non-hydrogen) atoms. The van der Waals surface area contributed by atoms with Crippen LogP contribution in [0.4, 0.5) is 13.2 Å². The van der Waals surface area contributed by atoms with Crippen molar-refractivity contribution in [3.8, 4) is 10.6 Å². The van der Waals surface area contributed by atoms with Crippen LogP contribution in [0.3, 0.4) is 0 Å². The summed E-state index contributed by atoms with van der Waals surface area (Å²) in [6, 6.07) is 4.55. The third-order valence-corrected chi connectivity index (χ3v) is 3.18. The van der Waals surface area contributed by atoms with Crippen molar-refractivity contribution in [2.75, 3.05) is 0 Å². The molecule has 2 nitrogen and oxygen atoms in total. The second-order valence-electron chi connectivity index (χ2n) is 3.41. The Morgan fingerprint density at radius 1 is 1.35 bits per heavy atom. The third kappa shape index (κ3) is 2.48. The summed E-state index contributed by atoms with van der Waals surface area (Å²) in [6.45, 7) is -0.174. The molecule has 0 amide bonds. The standard InChI is InChI=1S/C11H9F3N2S/c12-11(13,14)8-4-9(10-2-1-3-17-10)16-6-7(8)5-15/h1-4,6H,5,15H2. The van der Waals surface area contributed by atoms with Crippen molar-refractivity contribution in [3.05, 3.63) is 40.9 Å². The number of pyridine rings is 1. The predicted octanol–water partition coefficient (Wildman–Crippen LogP) is 3.29. The zero-order valence-corrected chi connectivity index (χ0v) is 9.48. The lowest BCUT2D eigenvalue weighted by Crippen LogP contribution is -2.12. The molecule has 0 atom stereocenters.